The molecule has 1 aliphatic rings. The number of halogens is 4. The second-order valence-corrected chi connectivity index (χ2v) is 7.14. The molecule has 0 aliphatic carbocycles. The van der Waals surface area contributed by atoms with Gasteiger partial charge in [-0.15, -0.1) is 0 Å². The molecule has 2 aromatic carbocycles. The van der Waals surface area contributed by atoms with E-state index in [0.717, 1.165) is 38.1 Å². The molecule has 0 spiro atoms. The van der Waals surface area contributed by atoms with Gasteiger partial charge in [0.25, 0.3) is 5.91 Å². The lowest BCUT2D eigenvalue weighted by atomic mass is 10.1. The summed E-state index contributed by atoms with van der Waals surface area (Å²) < 4.78 is 45.3. The summed E-state index contributed by atoms with van der Waals surface area (Å²) in [7, 11) is 1.43. The van der Waals surface area contributed by atoms with Gasteiger partial charge in [-0.3, -0.25) is 4.79 Å². The number of nitrogens with zero attached hydrogens (tertiary/aromatic N) is 1. The number of rotatable bonds is 4. The standard InChI is InChI=1S/C19H18BrF3N2O2/c1-27-17-7-5-13(20)11-14(17)18(26)24-15-10-12(19(21,22)23)4-6-16(15)25-8-2-3-9-25/h4-7,10-11H,2-3,8-9H2,1H3,(H,24,26). The largest absolute Gasteiger partial charge is 0.496 e. The van der Waals surface area contributed by atoms with Gasteiger partial charge in [0, 0.05) is 17.6 Å². The van der Waals surface area contributed by atoms with Crippen molar-refractivity contribution < 1.29 is 22.7 Å². The van der Waals surface area contributed by atoms with E-state index in [2.05, 4.69) is 21.2 Å². The van der Waals surface area contributed by atoms with E-state index in [1.165, 1.54) is 13.2 Å². The topological polar surface area (TPSA) is 41.6 Å². The molecule has 4 nitrogen and oxygen atoms in total. The predicted octanol–water partition coefficient (Wildman–Crippen LogP) is 5.33. The Morgan fingerprint density at radius 2 is 1.85 bits per heavy atom. The van der Waals surface area contributed by atoms with Gasteiger partial charge < -0.3 is 15.0 Å². The highest BCUT2D eigenvalue weighted by Crippen LogP contribution is 2.37. The summed E-state index contributed by atoms with van der Waals surface area (Å²) in [5, 5.41) is 2.64. The van der Waals surface area contributed by atoms with Gasteiger partial charge in [-0.2, -0.15) is 13.2 Å². The summed E-state index contributed by atoms with van der Waals surface area (Å²) in [6, 6.07) is 8.35. The van der Waals surface area contributed by atoms with Crippen LogP contribution in [0.3, 0.4) is 0 Å². The molecule has 1 N–H and O–H groups in total. The van der Waals surface area contributed by atoms with Crippen LogP contribution < -0.4 is 15.0 Å². The number of benzene rings is 2. The normalized spacial score (nSPS) is 14.3. The van der Waals surface area contributed by atoms with E-state index in [9.17, 15) is 18.0 Å². The Hall–Kier alpha value is -2.22. The van der Waals surface area contributed by atoms with Gasteiger partial charge in [0.1, 0.15) is 5.75 Å². The monoisotopic (exact) mass is 442 g/mol. The summed E-state index contributed by atoms with van der Waals surface area (Å²) in [6.07, 6.45) is -2.56. The number of amides is 1. The maximum absolute atomic E-state index is 13.2. The van der Waals surface area contributed by atoms with Crippen molar-refractivity contribution in [3.8, 4) is 5.75 Å². The summed E-state index contributed by atoms with van der Waals surface area (Å²) in [6.45, 7) is 1.49. The zero-order chi connectivity index (χ0) is 19.6. The molecule has 1 saturated heterocycles. The van der Waals surface area contributed by atoms with Crippen molar-refractivity contribution in [2.45, 2.75) is 19.0 Å². The van der Waals surface area contributed by atoms with Crippen LogP contribution in [-0.2, 0) is 6.18 Å². The van der Waals surface area contributed by atoms with Crippen molar-refractivity contribution in [2.75, 3.05) is 30.4 Å². The Morgan fingerprint density at radius 1 is 1.15 bits per heavy atom. The molecule has 0 saturated carbocycles. The van der Waals surface area contributed by atoms with Crippen LogP contribution >= 0.6 is 15.9 Å². The average Bonchev–Trinajstić information content (AvgIpc) is 3.15. The number of carbonyl (C=O) groups is 1. The predicted molar refractivity (Wildman–Crippen MR) is 102 cm³/mol. The van der Waals surface area contributed by atoms with Crippen molar-refractivity contribution in [1.82, 2.24) is 0 Å². The van der Waals surface area contributed by atoms with Crippen LogP contribution in [-0.4, -0.2) is 26.1 Å². The highest BCUT2D eigenvalue weighted by molar-refractivity contribution is 9.10. The first-order valence-electron chi connectivity index (χ1n) is 8.40. The Morgan fingerprint density at radius 3 is 2.48 bits per heavy atom. The van der Waals surface area contributed by atoms with E-state index in [4.69, 9.17) is 4.74 Å². The quantitative estimate of drug-likeness (QED) is 0.695. The number of hydrogen-bond donors (Lipinski definition) is 1. The van der Waals surface area contributed by atoms with Crippen LogP contribution in [0.15, 0.2) is 40.9 Å². The van der Waals surface area contributed by atoms with Crippen molar-refractivity contribution in [3.05, 3.63) is 52.0 Å². The molecule has 0 aromatic heterocycles. The van der Waals surface area contributed by atoms with E-state index in [0.29, 0.717) is 15.9 Å². The lowest BCUT2D eigenvalue weighted by Gasteiger charge is -2.23. The van der Waals surface area contributed by atoms with Crippen molar-refractivity contribution in [2.24, 2.45) is 0 Å². The van der Waals surface area contributed by atoms with E-state index >= 15 is 0 Å². The smallest absolute Gasteiger partial charge is 0.416 e. The lowest BCUT2D eigenvalue weighted by Crippen LogP contribution is -2.22. The molecule has 1 amide bonds. The summed E-state index contributed by atoms with van der Waals surface area (Å²) >= 11 is 3.29. The Labute approximate surface area is 163 Å². The minimum atomic E-state index is -4.49. The Bertz CT molecular complexity index is 849. The number of alkyl halides is 3. The van der Waals surface area contributed by atoms with Crippen LogP contribution in [0.4, 0.5) is 24.5 Å². The van der Waals surface area contributed by atoms with Gasteiger partial charge >= 0.3 is 6.18 Å². The maximum atomic E-state index is 13.2. The van der Waals surface area contributed by atoms with Gasteiger partial charge in [0.2, 0.25) is 0 Å². The fourth-order valence-corrected chi connectivity index (χ4v) is 3.45. The second kappa shape index (κ2) is 7.80. The van der Waals surface area contributed by atoms with E-state index in [-0.39, 0.29) is 11.3 Å². The minimum Gasteiger partial charge on any atom is -0.496 e. The van der Waals surface area contributed by atoms with Crippen LogP contribution in [0.2, 0.25) is 0 Å². The number of carbonyl (C=O) groups excluding carboxylic acids is 1. The number of anilines is 2. The van der Waals surface area contributed by atoms with E-state index < -0.39 is 17.6 Å². The number of methoxy groups -OCH3 is 1. The van der Waals surface area contributed by atoms with Crippen molar-refractivity contribution in [1.29, 1.82) is 0 Å². The molecule has 0 radical (unpaired) electrons. The molecule has 8 heteroatoms. The van der Waals surface area contributed by atoms with Crippen LogP contribution in [0.25, 0.3) is 0 Å². The number of nitrogens with one attached hydrogen (secondary N) is 1. The van der Waals surface area contributed by atoms with E-state index in [1.807, 2.05) is 4.90 Å². The molecule has 1 aliphatic heterocycles. The van der Waals surface area contributed by atoms with Crippen LogP contribution in [0.5, 0.6) is 5.75 Å². The lowest BCUT2D eigenvalue weighted by molar-refractivity contribution is -0.137. The summed E-state index contributed by atoms with van der Waals surface area (Å²) in [5.41, 5.74) is 0.153. The third kappa shape index (κ3) is 4.37. The minimum absolute atomic E-state index is 0.138. The Kier molecular flexibility index (Phi) is 5.64. The van der Waals surface area contributed by atoms with Crippen LogP contribution in [0, 0.1) is 0 Å². The van der Waals surface area contributed by atoms with Gasteiger partial charge in [0.15, 0.2) is 0 Å². The molecule has 3 rings (SSSR count). The third-order valence-corrected chi connectivity index (χ3v) is 4.92. The SMILES string of the molecule is COc1ccc(Br)cc1C(=O)Nc1cc(C(F)(F)F)ccc1N1CCCC1. The van der Waals surface area contributed by atoms with Gasteiger partial charge in [-0.05, 0) is 49.2 Å². The summed E-state index contributed by atoms with van der Waals surface area (Å²) in [4.78, 5) is 14.7. The first-order valence-corrected chi connectivity index (χ1v) is 9.20. The highest BCUT2D eigenvalue weighted by atomic mass is 79.9. The van der Waals surface area contributed by atoms with Crippen molar-refractivity contribution in [3.63, 3.8) is 0 Å². The molecule has 2 aromatic rings. The van der Waals surface area contributed by atoms with E-state index in [1.54, 1.807) is 18.2 Å². The molecule has 144 valence electrons. The molecule has 0 bridgehead atoms. The van der Waals surface area contributed by atoms with Crippen LogP contribution in [0.1, 0.15) is 28.8 Å². The zero-order valence-corrected chi connectivity index (χ0v) is 16.2. The Balaban J connectivity index is 1.99. The number of hydrogen-bond acceptors (Lipinski definition) is 3. The first kappa shape index (κ1) is 19.5. The zero-order valence-electron chi connectivity index (χ0n) is 14.6. The molecule has 1 fully saturated rings. The molecular weight excluding hydrogens is 425 g/mol. The second-order valence-electron chi connectivity index (χ2n) is 6.22. The number of ether oxygens (including phenoxy) is 1. The summed E-state index contributed by atoms with van der Waals surface area (Å²) in [5.74, 6) is -0.196. The molecular formula is C19H18BrF3N2O2. The highest BCUT2D eigenvalue weighted by Gasteiger charge is 2.32. The molecule has 1 heterocycles. The fourth-order valence-electron chi connectivity index (χ4n) is 3.09. The van der Waals surface area contributed by atoms with Gasteiger partial charge in [-0.25, -0.2) is 0 Å². The molecule has 0 unspecified atom stereocenters. The first-order chi connectivity index (χ1) is 12.8. The molecule has 27 heavy (non-hydrogen) atoms. The fraction of sp³-hybridized carbons (Fsp3) is 0.316. The average molecular weight is 443 g/mol. The molecule has 0 atom stereocenters. The van der Waals surface area contributed by atoms with Gasteiger partial charge in [-0.1, -0.05) is 15.9 Å². The maximum Gasteiger partial charge on any atom is 0.416 e. The third-order valence-electron chi connectivity index (χ3n) is 4.42. The van der Waals surface area contributed by atoms with Crippen molar-refractivity contribution >= 4 is 33.2 Å². The van der Waals surface area contributed by atoms with Gasteiger partial charge in [0.05, 0.1) is 29.6 Å².